The van der Waals surface area contributed by atoms with Gasteiger partial charge in [-0.25, -0.2) is 13.1 Å². The molecule has 6 nitrogen and oxygen atoms in total. The summed E-state index contributed by atoms with van der Waals surface area (Å²) in [6.07, 6.45) is 2.56. The highest BCUT2D eigenvalue weighted by Crippen LogP contribution is 2.16. The Morgan fingerprint density at radius 1 is 1.39 bits per heavy atom. The second kappa shape index (κ2) is 5.77. The Labute approximate surface area is 112 Å². The molecule has 1 amide bonds. The summed E-state index contributed by atoms with van der Waals surface area (Å²) in [5.41, 5.74) is 0. The van der Waals surface area contributed by atoms with Gasteiger partial charge in [0.1, 0.15) is 0 Å². The molecule has 1 unspecified atom stereocenters. The standard InChI is InChI=1S/C10H19N3O3S2/c1-18(15,16)12-8-2-4-13(5-3-8)10(14)9-6-17-7-11-9/h8-9,11-12H,2-7H2,1H3. The Morgan fingerprint density at radius 2 is 2.06 bits per heavy atom. The summed E-state index contributed by atoms with van der Waals surface area (Å²) in [6.45, 7) is 1.27. The van der Waals surface area contributed by atoms with Crippen molar-refractivity contribution in [1.82, 2.24) is 14.9 Å². The molecule has 0 aromatic heterocycles. The van der Waals surface area contributed by atoms with E-state index in [1.807, 2.05) is 4.90 Å². The fraction of sp³-hybridized carbons (Fsp3) is 0.900. The molecule has 104 valence electrons. The van der Waals surface area contributed by atoms with Crippen LogP contribution >= 0.6 is 11.8 Å². The number of carbonyl (C=O) groups excluding carboxylic acids is 1. The monoisotopic (exact) mass is 293 g/mol. The number of piperidine rings is 1. The molecule has 2 aliphatic heterocycles. The van der Waals surface area contributed by atoms with Gasteiger partial charge in [-0.1, -0.05) is 0 Å². The van der Waals surface area contributed by atoms with Crippen molar-refractivity contribution in [3.05, 3.63) is 0 Å². The largest absolute Gasteiger partial charge is 0.341 e. The number of carbonyl (C=O) groups is 1. The van der Waals surface area contributed by atoms with E-state index >= 15 is 0 Å². The van der Waals surface area contributed by atoms with E-state index in [1.54, 1.807) is 11.8 Å². The van der Waals surface area contributed by atoms with Gasteiger partial charge in [0.25, 0.3) is 0 Å². The van der Waals surface area contributed by atoms with E-state index in [9.17, 15) is 13.2 Å². The van der Waals surface area contributed by atoms with E-state index in [2.05, 4.69) is 10.0 Å². The van der Waals surface area contributed by atoms with Crippen molar-refractivity contribution >= 4 is 27.7 Å². The number of rotatable bonds is 3. The number of sulfonamides is 1. The van der Waals surface area contributed by atoms with Crippen LogP contribution in [0.25, 0.3) is 0 Å². The van der Waals surface area contributed by atoms with Crippen LogP contribution in [-0.2, 0) is 14.8 Å². The van der Waals surface area contributed by atoms with Crippen LogP contribution in [0.2, 0.25) is 0 Å². The van der Waals surface area contributed by atoms with Crippen LogP contribution in [0.3, 0.4) is 0 Å². The highest BCUT2D eigenvalue weighted by Gasteiger charge is 2.30. The zero-order valence-electron chi connectivity index (χ0n) is 10.4. The number of likely N-dealkylation sites (tertiary alicyclic amines) is 1. The van der Waals surface area contributed by atoms with E-state index in [0.717, 1.165) is 11.6 Å². The van der Waals surface area contributed by atoms with Gasteiger partial charge in [0.2, 0.25) is 15.9 Å². The SMILES string of the molecule is CS(=O)(=O)NC1CCN(C(=O)C2CSCN2)CC1. The van der Waals surface area contributed by atoms with E-state index in [1.165, 1.54) is 6.26 Å². The molecule has 2 heterocycles. The van der Waals surface area contributed by atoms with Crippen LogP contribution in [0, 0.1) is 0 Å². The zero-order chi connectivity index (χ0) is 13.2. The van der Waals surface area contributed by atoms with Crippen LogP contribution in [0.15, 0.2) is 0 Å². The van der Waals surface area contributed by atoms with Crippen LogP contribution in [-0.4, -0.2) is 62.3 Å². The van der Waals surface area contributed by atoms with Crippen molar-refractivity contribution in [2.75, 3.05) is 31.0 Å². The fourth-order valence-corrected chi connectivity index (χ4v) is 4.07. The lowest BCUT2D eigenvalue weighted by Crippen LogP contribution is -2.51. The van der Waals surface area contributed by atoms with Gasteiger partial charge in [-0.15, -0.1) is 11.8 Å². The maximum absolute atomic E-state index is 12.1. The fourth-order valence-electron chi connectivity index (χ4n) is 2.29. The summed E-state index contributed by atoms with van der Waals surface area (Å²) in [7, 11) is -3.15. The molecule has 0 aromatic carbocycles. The van der Waals surface area contributed by atoms with E-state index in [0.29, 0.717) is 25.9 Å². The Kier molecular flexibility index (Phi) is 4.52. The highest BCUT2D eigenvalue weighted by molar-refractivity contribution is 7.99. The van der Waals surface area contributed by atoms with Gasteiger partial charge in [0.15, 0.2) is 0 Å². The lowest BCUT2D eigenvalue weighted by molar-refractivity contribution is -0.133. The Bertz CT molecular complexity index is 399. The minimum Gasteiger partial charge on any atom is -0.341 e. The second-order valence-electron chi connectivity index (χ2n) is 4.76. The third kappa shape index (κ3) is 3.84. The summed E-state index contributed by atoms with van der Waals surface area (Å²) in [4.78, 5) is 13.9. The maximum Gasteiger partial charge on any atom is 0.240 e. The van der Waals surface area contributed by atoms with Crippen molar-refractivity contribution in [3.63, 3.8) is 0 Å². The average Bonchev–Trinajstić information content (AvgIpc) is 2.80. The van der Waals surface area contributed by atoms with E-state index in [-0.39, 0.29) is 18.0 Å². The van der Waals surface area contributed by atoms with Gasteiger partial charge in [-0.3, -0.25) is 10.1 Å². The smallest absolute Gasteiger partial charge is 0.240 e. The lowest BCUT2D eigenvalue weighted by atomic mass is 10.1. The molecular weight excluding hydrogens is 274 g/mol. The molecule has 2 saturated heterocycles. The predicted octanol–water partition coefficient (Wildman–Crippen LogP) is -0.811. The molecule has 2 aliphatic rings. The molecule has 0 radical (unpaired) electrons. The van der Waals surface area contributed by atoms with Gasteiger partial charge in [0, 0.05) is 30.8 Å². The van der Waals surface area contributed by atoms with Crippen LogP contribution in [0.5, 0.6) is 0 Å². The first-order valence-corrected chi connectivity index (χ1v) is 9.07. The van der Waals surface area contributed by atoms with Crippen molar-refractivity contribution in [1.29, 1.82) is 0 Å². The van der Waals surface area contributed by atoms with Crippen molar-refractivity contribution in [2.24, 2.45) is 0 Å². The predicted molar refractivity (Wildman–Crippen MR) is 71.8 cm³/mol. The Hall–Kier alpha value is -0.310. The number of nitrogens with one attached hydrogen (secondary N) is 2. The number of hydrogen-bond donors (Lipinski definition) is 2. The minimum absolute atomic E-state index is 0.0324. The van der Waals surface area contributed by atoms with Gasteiger partial charge in [-0.05, 0) is 12.8 Å². The molecule has 0 bridgehead atoms. The molecule has 2 N–H and O–H groups in total. The third-order valence-corrected chi connectivity index (χ3v) is 4.90. The molecular formula is C10H19N3O3S2. The first-order chi connectivity index (χ1) is 8.46. The van der Waals surface area contributed by atoms with Gasteiger partial charge < -0.3 is 4.90 Å². The van der Waals surface area contributed by atoms with Gasteiger partial charge >= 0.3 is 0 Å². The van der Waals surface area contributed by atoms with Gasteiger partial charge in [-0.2, -0.15) is 0 Å². The zero-order valence-corrected chi connectivity index (χ0v) is 12.0. The highest BCUT2D eigenvalue weighted by atomic mass is 32.2. The summed E-state index contributed by atoms with van der Waals surface area (Å²) >= 11 is 1.73. The normalized spacial score (nSPS) is 26.5. The minimum atomic E-state index is -3.15. The molecule has 8 heteroatoms. The first kappa shape index (κ1) is 14.1. The molecule has 0 spiro atoms. The number of thioether (sulfide) groups is 1. The number of hydrogen-bond acceptors (Lipinski definition) is 5. The number of nitrogens with zero attached hydrogens (tertiary/aromatic N) is 1. The Balaban J connectivity index is 1.81. The first-order valence-electron chi connectivity index (χ1n) is 6.03. The molecule has 1 atom stereocenters. The molecule has 2 fully saturated rings. The molecule has 0 aromatic rings. The van der Waals surface area contributed by atoms with Crippen LogP contribution < -0.4 is 10.0 Å². The molecule has 2 rings (SSSR count). The van der Waals surface area contributed by atoms with Gasteiger partial charge in [0.05, 0.1) is 12.3 Å². The quantitative estimate of drug-likeness (QED) is 0.711. The molecule has 18 heavy (non-hydrogen) atoms. The van der Waals surface area contributed by atoms with Crippen LogP contribution in [0.4, 0.5) is 0 Å². The van der Waals surface area contributed by atoms with E-state index in [4.69, 9.17) is 0 Å². The number of amides is 1. The van der Waals surface area contributed by atoms with Crippen molar-refractivity contribution in [3.8, 4) is 0 Å². The summed E-state index contributed by atoms with van der Waals surface area (Å²) in [6, 6.07) is -0.0932. The summed E-state index contributed by atoms with van der Waals surface area (Å²) < 4.78 is 24.8. The van der Waals surface area contributed by atoms with Crippen molar-refractivity contribution in [2.45, 2.75) is 24.9 Å². The topological polar surface area (TPSA) is 78.5 Å². The molecule has 0 saturated carbocycles. The average molecular weight is 293 g/mol. The van der Waals surface area contributed by atoms with Crippen molar-refractivity contribution < 1.29 is 13.2 Å². The van der Waals surface area contributed by atoms with E-state index < -0.39 is 10.0 Å². The Morgan fingerprint density at radius 3 is 2.56 bits per heavy atom. The second-order valence-corrected chi connectivity index (χ2v) is 7.57. The summed E-state index contributed by atoms with van der Waals surface area (Å²) in [5, 5.41) is 3.16. The van der Waals surface area contributed by atoms with Crippen LogP contribution in [0.1, 0.15) is 12.8 Å². The third-order valence-electron chi connectivity index (χ3n) is 3.20. The lowest BCUT2D eigenvalue weighted by Gasteiger charge is -2.33. The summed E-state index contributed by atoms with van der Waals surface area (Å²) in [5.74, 6) is 1.82. The maximum atomic E-state index is 12.1. The molecule has 0 aliphatic carbocycles.